The number of likely N-dealkylation sites (tertiary alicyclic amines) is 2. The Bertz CT molecular complexity index is 359. The van der Waals surface area contributed by atoms with E-state index in [-0.39, 0.29) is 5.92 Å². The third-order valence-corrected chi connectivity index (χ3v) is 5.64. The Morgan fingerprint density at radius 3 is 2.23 bits per heavy atom. The van der Waals surface area contributed by atoms with E-state index in [4.69, 9.17) is 0 Å². The van der Waals surface area contributed by atoms with E-state index in [1.807, 2.05) is 0 Å². The zero-order chi connectivity index (χ0) is 16.1. The SMILES string of the molecule is C=C.CC(C)C1CCN([C@H]2CCN(C(=O)C3CNC3)C2)CC1. The van der Waals surface area contributed by atoms with E-state index in [1.54, 1.807) is 0 Å². The lowest BCUT2D eigenvalue weighted by molar-refractivity contribution is -0.136. The van der Waals surface area contributed by atoms with Crippen LogP contribution >= 0.6 is 0 Å². The number of rotatable bonds is 3. The van der Waals surface area contributed by atoms with Gasteiger partial charge in [-0.3, -0.25) is 9.69 Å². The second kappa shape index (κ2) is 8.11. The van der Waals surface area contributed by atoms with Crippen LogP contribution < -0.4 is 5.32 Å². The number of carbonyl (C=O) groups is 1. The molecule has 3 heterocycles. The van der Waals surface area contributed by atoms with Crippen molar-refractivity contribution in [2.24, 2.45) is 17.8 Å². The van der Waals surface area contributed by atoms with Crippen LogP contribution in [0, 0.1) is 17.8 Å². The number of nitrogens with zero attached hydrogens (tertiary/aromatic N) is 2. The lowest BCUT2D eigenvalue weighted by Crippen LogP contribution is -2.52. The maximum atomic E-state index is 12.3. The number of hydrogen-bond donors (Lipinski definition) is 1. The summed E-state index contributed by atoms with van der Waals surface area (Å²) in [6.07, 6.45) is 3.86. The molecule has 22 heavy (non-hydrogen) atoms. The Labute approximate surface area is 135 Å². The smallest absolute Gasteiger partial charge is 0.228 e. The first-order chi connectivity index (χ1) is 10.6. The minimum absolute atomic E-state index is 0.264. The molecule has 3 fully saturated rings. The molecule has 0 bridgehead atoms. The van der Waals surface area contributed by atoms with Gasteiger partial charge in [0.2, 0.25) is 5.91 Å². The summed E-state index contributed by atoms with van der Waals surface area (Å²) < 4.78 is 0. The van der Waals surface area contributed by atoms with E-state index in [0.29, 0.717) is 11.9 Å². The maximum absolute atomic E-state index is 12.3. The van der Waals surface area contributed by atoms with Gasteiger partial charge in [0, 0.05) is 32.2 Å². The molecule has 0 unspecified atom stereocenters. The highest BCUT2D eigenvalue weighted by molar-refractivity contribution is 5.80. The van der Waals surface area contributed by atoms with Crippen LogP contribution in [0.5, 0.6) is 0 Å². The Morgan fingerprint density at radius 1 is 1.09 bits per heavy atom. The fourth-order valence-electron chi connectivity index (χ4n) is 3.91. The average molecular weight is 307 g/mol. The number of carbonyl (C=O) groups excluding carboxylic acids is 1. The van der Waals surface area contributed by atoms with Crippen LogP contribution in [-0.4, -0.2) is 61.0 Å². The third kappa shape index (κ3) is 3.90. The van der Waals surface area contributed by atoms with Crippen molar-refractivity contribution in [2.45, 2.75) is 39.2 Å². The summed E-state index contributed by atoms with van der Waals surface area (Å²) in [7, 11) is 0. The highest BCUT2D eigenvalue weighted by Crippen LogP contribution is 2.28. The minimum atomic E-state index is 0.264. The molecular formula is C18H33N3O. The molecule has 0 saturated carbocycles. The minimum Gasteiger partial charge on any atom is -0.341 e. The van der Waals surface area contributed by atoms with Crippen molar-refractivity contribution in [3.63, 3.8) is 0 Å². The van der Waals surface area contributed by atoms with Gasteiger partial charge in [-0.2, -0.15) is 0 Å². The van der Waals surface area contributed by atoms with E-state index in [0.717, 1.165) is 38.0 Å². The van der Waals surface area contributed by atoms with Gasteiger partial charge >= 0.3 is 0 Å². The second-order valence-corrected chi connectivity index (χ2v) is 7.20. The summed E-state index contributed by atoms with van der Waals surface area (Å²) in [4.78, 5) is 17.0. The van der Waals surface area contributed by atoms with Gasteiger partial charge in [-0.1, -0.05) is 13.8 Å². The molecule has 0 aromatic heterocycles. The largest absolute Gasteiger partial charge is 0.341 e. The van der Waals surface area contributed by atoms with E-state index in [1.165, 1.54) is 32.4 Å². The van der Waals surface area contributed by atoms with Gasteiger partial charge in [0.25, 0.3) is 0 Å². The number of amides is 1. The predicted octanol–water partition coefficient (Wildman–Crippen LogP) is 1.98. The molecule has 0 aliphatic carbocycles. The Kier molecular flexibility index (Phi) is 6.45. The summed E-state index contributed by atoms with van der Waals surface area (Å²) in [5.41, 5.74) is 0. The van der Waals surface area contributed by atoms with Crippen LogP contribution in [-0.2, 0) is 4.79 Å². The molecule has 3 saturated heterocycles. The molecule has 1 amide bonds. The Hall–Kier alpha value is -0.870. The molecule has 0 radical (unpaired) electrons. The highest BCUT2D eigenvalue weighted by atomic mass is 16.2. The van der Waals surface area contributed by atoms with Crippen molar-refractivity contribution < 1.29 is 4.79 Å². The van der Waals surface area contributed by atoms with Gasteiger partial charge in [0.15, 0.2) is 0 Å². The molecule has 1 atom stereocenters. The van der Waals surface area contributed by atoms with Crippen molar-refractivity contribution in [1.82, 2.24) is 15.1 Å². The van der Waals surface area contributed by atoms with E-state index < -0.39 is 0 Å². The fraction of sp³-hybridized carbons (Fsp3) is 0.833. The Morgan fingerprint density at radius 2 is 1.73 bits per heavy atom. The van der Waals surface area contributed by atoms with Crippen LogP contribution in [0.15, 0.2) is 13.2 Å². The van der Waals surface area contributed by atoms with Crippen LogP contribution in [0.3, 0.4) is 0 Å². The maximum Gasteiger partial charge on any atom is 0.228 e. The van der Waals surface area contributed by atoms with Gasteiger partial charge < -0.3 is 10.2 Å². The monoisotopic (exact) mass is 307 g/mol. The summed E-state index contributed by atoms with van der Waals surface area (Å²) >= 11 is 0. The molecule has 3 aliphatic heterocycles. The van der Waals surface area contributed by atoms with Crippen molar-refractivity contribution in [3.05, 3.63) is 13.2 Å². The fourth-order valence-corrected chi connectivity index (χ4v) is 3.91. The zero-order valence-electron chi connectivity index (χ0n) is 14.4. The first-order valence-electron chi connectivity index (χ1n) is 8.88. The second-order valence-electron chi connectivity index (χ2n) is 7.20. The first-order valence-corrected chi connectivity index (χ1v) is 8.88. The third-order valence-electron chi connectivity index (χ3n) is 5.64. The summed E-state index contributed by atoms with van der Waals surface area (Å²) in [5.74, 6) is 2.39. The zero-order valence-corrected chi connectivity index (χ0v) is 14.4. The lowest BCUT2D eigenvalue weighted by Gasteiger charge is -2.37. The van der Waals surface area contributed by atoms with Gasteiger partial charge in [0.05, 0.1) is 5.92 Å². The van der Waals surface area contributed by atoms with Crippen LogP contribution in [0.2, 0.25) is 0 Å². The Balaban J connectivity index is 0.000000847. The van der Waals surface area contributed by atoms with Crippen molar-refractivity contribution >= 4 is 5.91 Å². The van der Waals surface area contributed by atoms with Crippen molar-refractivity contribution in [1.29, 1.82) is 0 Å². The normalized spacial score (nSPS) is 27.4. The van der Waals surface area contributed by atoms with E-state index >= 15 is 0 Å². The van der Waals surface area contributed by atoms with Gasteiger partial charge in [-0.15, -0.1) is 13.2 Å². The number of piperidine rings is 1. The molecule has 0 aromatic carbocycles. The molecule has 1 N–H and O–H groups in total. The number of hydrogen-bond acceptors (Lipinski definition) is 3. The molecule has 3 rings (SSSR count). The van der Waals surface area contributed by atoms with Gasteiger partial charge in [-0.25, -0.2) is 0 Å². The first kappa shape index (κ1) is 17.5. The molecule has 0 aromatic rings. The van der Waals surface area contributed by atoms with Crippen molar-refractivity contribution in [2.75, 3.05) is 39.3 Å². The predicted molar refractivity (Wildman–Crippen MR) is 91.7 cm³/mol. The molecule has 126 valence electrons. The standard InChI is InChI=1S/C16H29N3O.C2H4/c1-12(2)13-3-6-18(7-4-13)15-5-8-19(11-15)16(20)14-9-17-10-14;1-2/h12-15,17H,3-11H2,1-2H3;1-2H2/t15-;/m0./s1. The molecule has 0 spiro atoms. The summed E-state index contributed by atoms with van der Waals surface area (Å²) in [5, 5.41) is 3.20. The van der Waals surface area contributed by atoms with Crippen LogP contribution in [0.25, 0.3) is 0 Å². The van der Waals surface area contributed by atoms with E-state index in [9.17, 15) is 4.79 Å². The molecular weight excluding hydrogens is 274 g/mol. The van der Waals surface area contributed by atoms with Crippen LogP contribution in [0.1, 0.15) is 33.1 Å². The summed E-state index contributed by atoms with van der Waals surface area (Å²) in [6, 6.07) is 0.625. The molecule has 4 nitrogen and oxygen atoms in total. The number of nitrogens with one attached hydrogen (secondary N) is 1. The molecule has 4 heteroatoms. The summed E-state index contributed by atoms with van der Waals surface area (Å²) in [6.45, 7) is 16.9. The van der Waals surface area contributed by atoms with E-state index in [2.05, 4.69) is 42.1 Å². The van der Waals surface area contributed by atoms with Crippen LogP contribution in [0.4, 0.5) is 0 Å². The van der Waals surface area contributed by atoms with Gasteiger partial charge in [0.1, 0.15) is 0 Å². The highest BCUT2D eigenvalue weighted by Gasteiger charge is 2.36. The average Bonchev–Trinajstić information content (AvgIpc) is 2.97. The lowest BCUT2D eigenvalue weighted by atomic mass is 9.86. The quantitative estimate of drug-likeness (QED) is 0.810. The van der Waals surface area contributed by atoms with Gasteiger partial charge in [-0.05, 0) is 44.2 Å². The molecule has 3 aliphatic rings. The topological polar surface area (TPSA) is 35.6 Å². The van der Waals surface area contributed by atoms with Crippen molar-refractivity contribution in [3.8, 4) is 0 Å².